The van der Waals surface area contributed by atoms with Gasteiger partial charge in [0.1, 0.15) is 0 Å². The molecule has 0 aliphatic carbocycles. The maximum absolute atomic E-state index is 5.24. The van der Waals surface area contributed by atoms with Crippen molar-refractivity contribution in [1.82, 2.24) is 10.6 Å². The smallest absolute Gasteiger partial charge is 0.166 e. The Kier molecular flexibility index (Phi) is 6.52. The summed E-state index contributed by atoms with van der Waals surface area (Å²) in [6.45, 7) is 5.22. The highest BCUT2D eigenvalue weighted by atomic mass is 79.9. The lowest BCUT2D eigenvalue weighted by molar-refractivity contribution is 0.682. The summed E-state index contributed by atoms with van der Waals surface area (Å²) in [4.78, 5) is 0. The third-order valence-corrected chi connectivity index (χ3v) is 3.32. The first-order chi connectivity index (χ1) is 8.13. The minimum atomic E-state index is 0.227. The number of nitrogens with one attached hydrogen (secondary N) is 2. The zero-order valence-electron chi connectivity index (χ0n) is 10.3. The highest BCUT2D eigenvalue weighted by Gasteiger charge is 2.05. The zero-order valence-corrected chi connectivity index (χ0v) is 12.7. The number of benzene rings is 1. The SMILES string of the molecule is CCCCNC(=S)NC(C)c1ccc(Br)cc1. The van der Waals surface area contributed by atoms with Gasteiger partial charge in [-0.2, -0.15) is 0 Å². The second-order valence-electron chi connectivity index (χ2n) is 4.03. The van der Waals surface area contributed by atoms with Crippen LogP contribution in [0.15, 0.2) is 28.7 Å². The Hall–Kier alpha value is -0.610. The number of thiocarbonyl (C=S) groups is 1. The normalized spacial score (nSPS) is 11.9. The van der Waals surface area contributed by atoms with E-state index in [0.29, 0.717) is 0 Å². The van der Waals surface area contributed by atoms with Crippen LogP contribution in [-0.2, 0) is 0 Å². The van der Waals surface area contributed by atoms with E-state index < -0.39 is 0 Å². The van der Waals surface area contributed by atoms with Gasteiger partial charge >= 0.3 is 0 Å². The van der Waals surface area contributed by atoms with Crippen molar-refractivity contribution in [1.29, 1.82) is 0 Å². The monoisotopic (exact) mass is 314 g/mol. The molecule has 0 amide bonds. The minimum absolute atomic E-state index is 0.227. The first kappa shape index (κ1) is 14.5. The molecule has 2 N–H and O–H groups in total. The molecule has 0 aliphatic heterocycles. The quantitative estimate of drug-likeness (QED) is 0.639. The molecule has 0 saturated heterocycles. The van der Waals surface area contributed by atoms with Gasteiger partial charge in [0.05, 0.1) is 6.04 Å². The van der Waals surface area contributed by atoms with Gasteiger partial charge in [0.15, 0.2) is 5.11 Å². The predicted octanol–water partition coefficient (Wildman–Crippen LogP) is 3.77. The molecule has 1 aromatic rings. The van der Waals surface area contributed by atoms with Crippen LogP contribution < -0.4 is 10.6 Å². The summed E-state index contributed by atoms with van der Waals surface area (Å²) in [7, 11) is 0. The molecular formula is C13H19BrN2S. The van der Waals surface area contributed by atoms with Gasteiger partial charge in [0.2, 0.25) is 0 Å². The van der Waals surface area contributed by atoms with Crippen molar-refractivity contribution in [2.24, 2.45) is 0 Å². The molecule has 0 saturated carbocycles. The van der Waals surface area contributed by atoms with E-state index in [9.17, 15) is 0 Å². The molecular weight excluding hydrogens is 296 g/mol. The summed E-state index contributed by atoms with van der Waals surface area (Å²) in [5, 5.41) is 7.22. The molecule has 0 bridgehead atoms. The second kappa shape index (κ2) is 7.67. The van der Waals surface area contributed by atoms with Crippen molar-refractivity contribution in [3.05, 3.63) is 34.3 Å². The van der Waals surface area contributed by atoms with Gasteiger partial charge in [-0.05, 0) is 43.3 Å². The van der Waals surface area contributed by atoms with Gasteiger partial charge < -0.3 is 10.6 Å². The first-order valence-corrected chi connectivity index (χ1v) is 7.13. The van der Waals surface area contributed by atoms with E-state index in [2.05, 4.69) is 52.5 Å². The molecule has 0 radical (unpaired) electrons. The van der Waals surface area contributed by atoms with E-state index in [-0.39, 0.29) is 6.04 Å². The fraction of sp³-hybridized carbons (Fsp3) is 0.462. The Labute approximate surface area is 117 Å². The van der Waals surface area contributed by atoms with E-state index >= 15 is 0 Å². The summed E-state index contributed by atoms with van der Waals surface area (Å²) in [5.74, 6) is 0. The topological polar surface area (TPSA) is 24.1 Å². The molecule has 1 aromatic carbocycles. The van der Waals surface area contributed by atoms with Crippen LogP contribution in [0.1, 0.15) is 38.3 Å². The van der Waals surface area contributed by atoms with Gasteiger partial charge in [0, 0.05) is 11.0 Å². The van der Waals surface area contributed by atoms with Gasteiger partial charge in [-0.1, -0.05) is 41.4 Å². The molecule has 1 rings (SSSR count). The Bertz CT molecular complexity index is 351. The maximum Gasteiger partial charge on any atom is 0.166 e. The highest BCUT2D eigenvalue weighted by Crippen LogP contribution is 2.16. The molecule has 0 aliphatic rings. The number of rotatable bonds is 5. The van der Waals surface area contributed by atoms with Crippen LogP contribution >= 0.6 is 28.1 Å². The third kappa shape index (κ3) is 5.50. The molecule has 0 aromatic heterocycles. The standard InChI is InChI=1S/C13H19BrN2S/c1-3-4-9-15-13(17)16-10(2)11-5-7-12(14)8-6-11/h5-8,10H,3-4,9H2,1-2H3,(H2,15,16,17). The predicted molar refractivity (Wildman–Crippen MR) is 81.2 cm³/mol. The molecule has 4 heteroatoms. The molecule has 0 spiro atoms. The maximum atomic E-state index is 5.24. The molecule has 0 heterocycles. The Balaban J connectivity index is 2.40. The average molecular weight is 315 g/mol. The third-order valence-electron chi connectivity index (χ3n) is 2.53. The number of hydrogen-bond acceptors (Lipinski definition) is 1. The van der Waals surface area contributed by atoms with E-state index in [1.165, 1.54) is 12.0 Å². The molecule has 1 atom stereocenters. The van der Waals surface area contributed by atoms with Crippen LogP contribution in [0.25, 0.3) is 0 Å². The Morgan fingerprint density at radius 3 is 2.59 bits per heavy atom. The lowest BCUT2D eigenvalue weighted by atomic mass is 10.1. The fourth-order valence-corrected chi connectivity index (χ4v) is 2.00. The summed E-state index contributed by atoms with van der Waals surface area (Å²) >= 11 is 8.67. The summed E-state index contributed by atoms with van der Waals surface area (Å²) in [5.41, 5.74) is 1.23. The van der Waals surface area contributed by atoms with E-state index in [4.69, 9.17) is 12.2 Å². The van der Waals surface area contributed by atoms with E-state index in [1.807, 2.05) is 12.1 Å². The second-order valence-corrected chi connectivity index (χ2v) is 5.35. The zero-order chi connectivity index (χ0) is 12.7. The molecule has 0 fully saturated rings. The van der Waals surface area contributed by atoms with Gasteiger partial charge in [-0.15, -0.1) is 0 Å². The molecule has 1 unspecified atom stereocenters. The van der Waals surface area contributed by atoms with Crippen LogP contribution in [0.3, 0.4) is 0 Å². The van der Waals surface area contributed by atoms with Crippen LogP contribution in [-0.4, -0.2) is 11.7 Å². The number of halogens is 1. The Morgan fingerprint density at radius 2 is 2.00 bits per heavy atom. The Morgan fingerprint density at radius 1 is 1.35 bits per heavy atom. The van der Waals surface area contributed by atoms with Crippen LogP contribution in [0.2, 0.25) is 0 Å². The van der Waals surface area contributed by atoms with Crippen molar-refractivity contribution in [2.45, 2.75) is 32.7 Å². The fourth-order valence-electron chi connectivity index (χ4n) is 1.46. The molecule has 94 valence electrons. The van der Waals surface area contributed by atoms with Gasteiger partial charge in [-0.25, -0.2) is 0 Å². The van der Waals surface area contributed by atoms with Crippen molar-refractivity contribution < 1.29 is 0 Å². The average Bonchev–Trinajstić information content (AvgIpc) is 2.30. The molecule has 17 heavy (non-hydrogen) atoms. The minimum Gasteiger partial charge on any atom is -0.363 e. The van der Waals surface area contributed by atoms with Crippen LogP contribution in [0.4, 0.5) is 0 Å². The number of unbranched alkanes of at least 4 members (excludes halogenated alkanes) is 1. The highest BCUT2D eigenvalue weighted by molar-refractivity contribution is 9.10. The van der Waals surface area contributed by atoms with Crippen LogP contribution in [0, 0.1) is 0 Å². The summed E-state index contributed by atoms with van der Waals surface area (Å²) in [6, 6.07) is 8.50. The van der Waals surface area contributed by atoms with Crippen molar-refractivity contribution >= 4 is 33.3 Å². The largest absolute Gasteiger partial charge is 0.363 e. The van der Waals surface area contributed by atoms with Crippen molar-refractivity contribution in [2.75, 3.05) is 6.54 Å². The van der Waals surface area contributed by atoms with Crippen LogP contribution in [0.5, 0.6) is 0 Å². The van der Waals surface area contributed by atoms with Gasteiger partial charge in [-0.3, -0.25) is 0 Å². The van der Waals surface area contributed by atoms with Gasteiger partial charge in [0.25, 0.3) is 0 Å². The van der Waals surface area contributed by atoms with E-state index in [0.717, 1.165) is 22.6 Å². The lowest BCUT2D eigenvalue weighted by Crippen LogP contribution is -2.37. The number of hydrogen-bond donors (Lipinski definition) is 2. The van der Waals surface area contributed by atoms with E-state index in [1.54, 1.807) is 0 Å². The first-order valence-electron chi connectivity index (χ1n) is 5.93. The lowest BCUT2D eigenvalue weighted by Gasteiger charge is -2.17. The summed E-state index contributed by atoms with van der Waals surface area (Å²) < 4.78 is 1.09. The van der Waals surface area contributed by atoms with Crippen molar-refractivity contribution in [3.8, 4) is 0 Å². The summed E-state index contributed by atoms with van der Waals surface area (Å²) in [6.07, 6.45) is 2.33. The van der Waals surface area contributed by atoms with Crippen molar-refractivity contribution in [3.63, 3.8) is 0 Å². The molecule has 2 nitrogen and oxygen atoms in total.